The fourth-order valence-corrected chi connectivity index (χ4v) is 4.62. The van der Waals surface area contributed by atoms with E-state index in [-0.39, 0.29) is 6.42 Å². The van der Waals surface area contributed by atoms with Crippen LogP contribution in [0.1, 0.15) is 39.7 Å². The summed E-state index contributed by atoms with van der Waals surface area (Å²) in [6.45, 7) is 4.82. The lowest BCUT2D eigenvalue weighted by molar-refractivity contribution is -0.203. The number of primary amides is 1. The maximum absolute atomic E-state index is 13.3. The van der Waals surface area contributed by atoms with Crippen LogP contribution >= 0.6 is 0 Å². The number of rotatable bonds is 14. The first kappa shape index (κ1) is 36.1. The molecule has 16 nitrogen and oxygen atoms in total. The average molecular weight is 623 g/mol. The van der Waals surface area contributed by atoms with E-state index in [9.17, 15) is 44.1 Å². The van der Waals surface area contributed by atoms with Gasteiger partial charge in [0.25, 0.3) is 0 Å². The minimum absolute atomic E-state index is 0.112. The third-order valence-corrected chi connectivity index (χ3v) is 6.87. The van der Waals surface area contributed by atoms with Gasteiger partial charge in [0, 0.05) is 20.3 Å². The lowest BCUT2D eigenvalue weighted by Crippen LogP contribution is -2.68. The van der Waals surface area contributed by atoms with Crippen LogP contribution in [0, 0.1) is 5.92 Å². The van der Waals surface area contributed by atoms with Gasteiger partial charge in [0.1, 0.15) is 42.5 Å². The number of carbonyl (C=O) groups is 6. The lowest BCUT2D eigenvalue weighted by atomic mass is 9.95. The molecule has 8 atom stereocenters. The van der Waals surface area contributed by atoms with Crippen molar-refractivity contribution in [1.82, 2.24) is 26.6 Å². The molecule has 6 amide bonds. The number of amides is 6. The molecule has 1 aromatic rings. The summed E-state index contributed by atoms with van der Waals surface area (Å²) in [5.41, 5.74) is 6.25. The molecule has 0 spiro atoms. The van der Waals surface area contributed by atoms with E-state index in [0.717, 1.165) is 19.4 Å². The second-order valence-corrected chi connectivity index (χ2v) is 10.9. The second-order valence-electron chi connectivity index (χ2n) is 10.9. The van der Waals surface area contributed by atoms with Gasteiger partial charge >= 0.3 is 0 Å². The van der Waals surface area contributed by atoms with E-state index in [1.54, 1.807) is 44.2 Å². The first-order valence-corrected chi connectivity index (χ1v) is 14.0. The minimum atomic E-state index is -1.62. The SMILES string of the molecule is CC(=O)N[C@@H]1[C@@H](O)[C@H](O)[C@@H](CO)O[C@H]1NC(=O)C[C@H](NC(C)=O)C(=O)N[C@H](C(=O)N[C@@H](Cc1ccccc1)C(N)=O)C(C)C. The average Bonchev–Trinajstić information content (AvgIpc) is 2.94. The van der Waals surface area contributed by atoms with Crippen molar-refractivity contribution in [3.8, 4) is 0 Å². The number of nitrogens with two attached hydrogens (primary N) is 1. The largest absolute Gasteiger partial charge is 0.394 e. The Kier molecular flexibility index (Phi) is 13.7. The number of carbonyl (C=O) groups excluding carboxylic acids is 6. The van der Waals surface area contributed by atoms with Crippen LogP contribution in [0.3, 0.4) is 0 Å². The molecule has 1 aliphatic rings. The van der Waals surface area contributed by atoms with Gasteiger partial charge in [0.15, 0.2) is 6.23 Å². The van der Waals surface area contributed by atoms with Crippen LogP contribution in [-0.2, 0) is 39.9 Å². The van der Waals surface area contributed by atoms with Gasteiger partial charge in [-0.15, -0.1) is 0 Å². The number of nitrogens with one attached hydrogen (secondary N) is 5. The van der Waals surface area contributed by atoms with Gasteiger partial charge in [0.2, 0.25) is 35.4 Å². The third kappa shape index (κ3) is 10.6. The van der Waals surface area contributed by atoms with Gasteiger partial charge in [-0.25, -0.2) is 0 Å². The van der Waals surface area contributed by atoms with Crippen molar-refractivity contribution in [1.29, 1.82) is 0 Å². The van der Waals surface area contributed by atoms with E-state index in [1.165, 1.54) is 0 Å². The summed E-state index contributed by atoms with van der Waals surface area (Å²) in [5.74, 6) is -5.03. The van der Waals surface area contributed by atoms with Crippen molar-refractivity contribution in [3.05, 3.63) is 35.9 Å². The van der Waals surface area contributed by atoms with Crippen LogP contribution in [0.25, 0.3) is 0 Å². The number of ether oxygens (including phenoxy) is 1. The molecular formula is C28H42N6O10. The third-order valence-electron chi connectivity index (χ3n) is 6.87. The first-order chi connectivity index (χ1) is 20.6. The summed E-state index contributed by atoms with van der Waals surface area (Å²) >= 11 is 0. The molecule has 16 heteroatoms. The van der Waals surface area contributed by atoms with Gasteiger partial charge in [-0.2, -0.15) is 0 Å². The topological polar surface area (TPSA) is 259 Å². The second kappa shape index (κ2) is 16.7. The number of hydrogen-bond donors (Lipinski definition) is 9. The van der Waals surface area contributed by atoms with Crippen LogP contribution in [-0.4, -0.2) is 106 Å². The highest BCUT2D eigenvalue weighted by Gasteiger charge is 2.45. The molecule has 1 fully saturated rings. The van der Waals surface area contributed by atoms with E-state index >= 15 is 0 Å². The number of aliphatic hydroxyl groups is 3. The molecule has 2 rings (SSSR count). The van der Waals surface area contributed by atoms with E-state index < -0.39 is 103 Å². The van der Waals surface area contributed by atoms with Crippen molar-refractivity contribution >= 4 is 35.4 Å². The van der Waals surface area contributed by atoms with Crippen LogP contribution in [0.2, 0.25) is 0 Å². The molecule has 0 bridgehead atoms. The molecule has 1 saturated heterocycles. The summed E-state index contributed by atoms with van der Waals surface area (Å²) in [6, 6.07) is 3.78. The Morgan fingerprint density at radius 2 is 1.50 bits per heavy atom. The molecule has 0 aromatic heterocycles. The molecule has 0 aliphatic carbocycles. The highest BCUT2D eigenvalue weighted by Crippen LogP contribution is 2.20. The van der Waals surface area contributed by atoms with Crippen molar-refractivity contribution in [3.63, 3.8) is 0 Å². The summed E-state index contributed by atoms with van der Waals surface area (Å²) < 4.78 is 5.47. The van der Waals surface area contributed by atoms with Gasteiger partial charge < -0.3 is 52.4 Å². The maximum atomic E-state index is 13.3. The van der Waals surface area contributed by atoms with E-state index in [1.807, 2.05) is 0 Å². The number of aliphatic hydroxyl groups excluding tert-OH is 3. The molecule has 10 N–H and O–H groups in total. The molecule has 244 valence electrons. The maximum Gasteiger partial charge on any atom is 0.243 e. The van der Waals surface area contributed by atoms with E-state index in [4.69, 9.17) is 10.5 Å². The van der Waals surface area contributed by atoms with Crippen molar-refractivity contribution in [2.24, 2.45) is 11.7 Å². The molecular weight excluding hydrogens is 580 g/mol. The zero-order chi connectivity index (χ0) is 33.1. The molecule has 1 aliphatic heterocycles. The fourth-order valence-electron chi connectivity index (χ4n) is 4.62. The summed E-state index contributed by atoms with van der Waals surface area (Å²) in [4.78, 5) is 75.1. The van der Waals surface area contributed by atoms with Gasteiger partial charge in [0.05, 0.1) is 13.0 Å². The number of benzene rings is 1. The minimum Gasteiger partial charge on any atom is -0.394 e. The Morgan fingerprint density at radius 3 is 2.02 bits per heavy atom. The van der Waals surface area contributed by atoms with Crippen molar-refractivity contribution in [2.75, 3.05) is 6.61 Å². The summed E-state index contributed by atoms with van der Waals surface area (Å²) in [6.07, 6.45) is -6.48. The Morgan fingerprint density at radius 1 is 0.864 bits per heavy atom. The Bertz CT molecular complexity index is 1180. The molecule has 0 radical (unpaired) electrons. The van der Waals surface area contributed by atoms with Crippen molar-refractivity contribution in [2.45, 2.75) is 89.2 Å². The van der Waals surface area contributed by atoms with E-state index in [0.29, 0.717) is 0 Å². The molecule has 0 unspecified atom stereocenters. The quantitative estimate of drug-likeness (QED) is 0.0981. The highest BCUT2D eigenvalue weighted by molar-refractivity contribution is 5.96. The predicted octanol–water partition coefficient (Wildman–Crippen LogP) is -3.71. The van der Waals surface area contributed by atoms with Gasteiger partial charge in [-0.1, -0.05) is 44.2 Å². The van der Waals surface area contributed by atoms with Gasteiger partial charge in [-0.05, 0) is 11.5 Å². The van der Waals surface area contributed by atoms with Crippen LogP contribution in [0.4, 0.5) is 0 Å². The van der Waals surface area contributed by atoms with Crippen LogP contribution < -0.4 is 32.3 Å². The smallest absolute Gasteiger partial charge is 0.243 e. The summed E-state index contributed by atoms with van der Waals surface area (Å²) in [7, 11) is 0. The number of hydrogen-bond acceptors (Lipinski definition) is 10. The molecule has 0 saturated carbocycles. The zero-order valence-corrected chi connectivity index (χ0v) is 25.0. The monoisotopic (exact) mass is 622 g/mol. The molecule has 1 heterocycles. The predicted molar refractivity (Wildman–Crippen MR) is 154 cm³/mol. The summed E-state index contributed by atoms with van der Waals surface area (Å²) in [5, 5.41) is 42.3. The van der Waals surface area contributed by atoms with Gasteiger partial charge in [-0.3, -0.25) is 28.8 Å². The molecule has 1 aromatic carbocycles. The lowest BCUT2D eigenvalue weighted by Gasteiger charge is -2.42. The standard InChI is InChI=1S/C28H42N6O10/c1-13(2)21(27(43)32-17(25(29)41)10-16-8-6-5-7-9-16)34-26(42)18(30-14(3)36)11-20(38)33-28-22(31-15(4)37)24(40)23(39)19(12-35)44-28/h5-9,13,17-19,21-24,28,35,39-40H,10-12H2,1-4H3,(H2,29,41)(H,30,36)(H,31,37)(H,32,43)(H,33,38)(H,34,42)/t17-,18-,19+,21-,22+,23+,24+,28+/m0/s1. The van der Waals surface area contributed by atoms with E-state index in [2.05, 4.69) is 26.6 Å². The van der Waals surface area contributed by atoms with Crippen molar-refractivity contribution < 1.29 is 48.8 Å². The molecule has 44 heavy (non-hydrogen) atoms. The fraction of sp³-hybridized carbons (Fsp3) is 0.571. The van der Waals surface area contributed by atoms with Crippen LogP contribution in [0.15, 0.2) is 30.3 Å². The Balaban J connectivity index is 2.16. The first-order valence-electron chi connectivity index (χ1n) is 14.0. The van der Waals surface area contributed by atoms with Crippen LogP contribution in [0.5, 0.6) is 0 Å². The Labute approximate surface area is 254 Å². The Hall–Kier alpha value is -4.12. The highest BCUT2D eigenvalue weighted by atomic mass is 16.5. The zero-order valence-electron chi connectivity index (χ0n) is 25.0. The normalized spacial score (nSPS) is 23.4.